The van der Waals surface area contributed by atoms with Gasteiger partial charge in [0.2, 0.25) is 0 Å². The van der Waals surface area contributed by atoms with Crippen LogP contribution in [-0.4, -0.2) is 5.78 Å². The maximum absolute atomic E-state index is 14.0. The van der Waals surface area contributed by atoms with Gasteiger partial charge in [-0.2, -0.15) is 0 Å². The van der Waals surface area contributed by atoms with Gasteiger partial charge in [0.25, 0.3) is 0 Å². The van der Waals surface area contributed by atoms with Crippen LogP contribution in [0.1, 0.15) is 71.9 Å². The first-order chi connectivity index (χ1) is 11.1. The number of ketones is 1. The quantitative estimate of drug-likeness (QED) is 0.540. The van der Waals surface area contributed by atoms with Gasteiger partial charge in [0, 0.05) is 11.8 Å². The molecule has 0 N–H and O–H groups in total. The Morgan fingerprint density at radius 3 is 2.33 bits per heavy atom. The number of rotatable bonds is 8. The van der Waals surface area contributed by atoms with Crippen LogP contribution in [0.4, 0.5) is 4.39 Å². The Kier molecular flexibility index (Phi) is 7.63. The van der Waals surface area contributed by atoms with E-state index >= 15 is 0 Å². The molecule has 3 unspecified atom stereocenters. The molecule has 0 bridgehead atoms. The third-order valence-corrected chi connectivity index (χ3v) is 5.45. The Balaban J connectivity index is 2.94. The van der Waals surface area contributed by atoms with Gasteiger partial charge in [-0.15, -0.1) is 0 Å². The van der Waals surface area contributed by atoms with Crippen molar-refractivity contribution in [2.75, 3.05) is 0 Å². The van der Waals surface area contributed by atoms with E-state index in [4.69, 9.17) is 0 Å². The first kappa shape index (κ1) is 20.9. The summed E-state index contributed by atoms with van der Waals surface area (Å²) in [4.78, 5) is 13.1. The molecule has 0 aliphatic heterocycles. The van der Waals surface area contributed by atoms with Crippen molar-refractivity contribution in [1.29, 1.82) is 0 Å². The van der Waals surface area contributed by atoms with E-state index in [-0.39, 0.29) is 23.1 Å². The molecule has 24 heavy (non-hydrogen) atoms. The van der Waals surface area contributed by atoms with E-state index in [9.17, 15) is 9.18 Å². The summed E-state index contributed by atoms with van der Waals surface area (Å²) in [6.45, 7) is 14.7. The van der Waals surface area contributed by atoms with Crippen LogP contribution in [-0.2, 0) is 11.2 Å². The fourth-order valence-electron chi connectivity index (χ4n) is 3.32. The van der Waals surface area contributed by atoms with Gasteiger partial charge < -0.3 is 0 Å². The normalized spacial score (nSPS) is 15.8. The van der Waals surface area contributed by atoms with Crippen LogP contribution in [0.25, 0.3) is 0 Å². The summed E-state index contributed by atoms with van der Waals surface area (Å²) >= 11 is 0. The molecular weight excluding hydrogens is 299 g/mol. The second kappa shape index (κ2) is 8.78. The minimum absolute atomic E-state index is 0.0130. The Labute approximate surface area is 148 Å². The summed E-state index contributed by atoms with van der Waals surface area (Å²) in [6, 6.07) is 5.24. The van der Waals surface area contributed by atoms with Crippen molar-refractivity contribution in [3.05, 3.63) is 35.1 Å². The number of hydrogen-bond donors (Lipinski definition) is 0. The van der Waals surface area contributed by atoms with Crippen molar-refractivity contribution < 1.29 is 9.18 Å². The third kappa shape index (κ3) is 5.72. The maximum atomic E-state index is 14.0. The first-order valence-corrected chi connectivity index (χ1v) is 9.36. The second-order valence-corrected chi connectivity index (χ2v) is 8.50. The van der Waals surface area contributed by atoms with Gasteiger partial charge in [-0.25, -0.2) is 4.39 Å². The summed E-state index contributed by atoms with van der Waals surface area (Å²) in [5.74, 6) is 0.568. The minimum atomic E-state index is -0.154. The Morgan fingerprint density at radius 1 is 1.17 bits per heavy atom. The lowest BCUT2D eigenvalue weighted by molar-refractivity contribution is -0.131. The Hall–Kier alpha value is -1.18. The highest BCUT2D eigenvalue weighted by atomic mass is 19.1. The molecule has 1 rings (SSSR count). The van der Waals surface area contributed by atoms with Crippen LogP contribution in [0, 0.1) is 35.9 Å². The molecule has 0 saturated heterocycles. The minimum Gasteiger partial charge on any atom is -0.299 e. The van der Waals surface area contributed by atoms with Crippen LogP contribution in [0.2, 0.25) is 0 Å². The molecule has 0 radical (unpaired) electrons. The van der Waals surface area contributed by atoms with Gasteiger partial charge >= 0.3 is 0 Å². The number of benzene rings is 1. The zero-order chi connectivity index (χ0) is 18.5. The van der Waals surface area contributed by atoms with E-state index in [1.54, 1.807) is 6.07 Å². The SMILES string of the molecule is CCCC(C)C(CCc1cc(C)ccc1F)C(=O)C(C)C(C)(C)C. The largest absolute Gasteiger partial charge is 0.299 e. The summed E-state index contributed by atoms with van der Waals surface area (Å²) in [6.07, 6.45) is 3.49. The van der Waals surface area contributed by atoms with E-state index in [1.165, 1.54) is 6.07 Å². The molecule has 0 fully saturated rings. The predicted molar refractivity (Wildman–Crippen MR) is 101 cm³/mol. The van der Waals surface area contributed by atoms with Gasteiger partial charge in [0.05, 0.1) is 0 Å². The first-order valence-electron chi connectivity index (χ1n) is 9.36. The van der Waals surface area contributed by atoms with Crippen LogP contribution < -0.4 is 0 Å². The zero-order valence-corrected chi connectivity index (χ0v) is 16.6. The molecule has 1 aromatic rings. The molecular formula is C22H35FO. The molecule has 136 valence electrons. The fourth-order valence-corrected chi connectivity index (χ4v) is 3.32. The zero-order valence-electron chi connectivity index (χ0n) is 16.6. The summed E-state index contributed by atoms with van der Waals surface area (Å²) in [5.41, 5.74) is 1.77. The molecule has 0 amide bonds. The highest BCUT2D eigenvalue weighted by molar-refractivity contribution is 5.84. The van der Waals surface area contributed by atoms with Crippen LogP contribution in [0.3, 0.4) is 0 Å². The monoisotopic (exact) mass is 334 g/mol. The van der Waals surface area contributed by atoms with Gasteiger partial charge in [-0.1, -0.05) is 72.1 Å². The number of aryl methyl sites for hydroxylation is 2. The maximum Gasteiger partial charge on any atom is 0.139 e. The van der Waals surface area contributed by atoms with Crippen LogP contribution in [0.15, 0.2) is 18.2 Å². The molecule has 0 aliphatic rings. The molecule has 1 aromatic carbocycles. The molecule has 0 saturated carbocycles. The van der Waals surface area contributed by atoms with E-state index in [0.29, 0.717) is 18.1 Å². The molecule has 1 nitrogen and oxygen atoms in total. The van der Waals surface area contributed by atoms with Crippen molar-refractivity contribution in [3.8, 4) is 0 Å². The lowest BCUT2D eigenvalue weighted by Gasteiger charge is -2.32. The summed E-state index contributed by atoms with van der Waals surface area (Å²) in [7, 11) is 0. The van der Waals surface area contributed by atoms with Crippen molar-refractivity contribution in [2.24, 2.45) is 23.2 Å². The smallest absolute Gasteiger partial charge is 0.139 e. The van der Waals surface area contributed by atoms with Gasteiger partial charge in [-0.05, 0) is 42.7 Å². The number of carbonyl (C=O) groups excluding carboxylic acids is 1. The van der Waals surface area contributed by atoms with Crippen molar-refractivity contribution in [1.82, 2.24) is 0 Å². The predicted octanol–water partition coefficient (Wildman–Crippen LogP) is 6.37. The molecule has 0 heterocycles. The summed E-state index contributed by atoms with van der Waals surface area (Å²) in [5, 5.41) is 0. The molecule has 0 aromatic heterocycles. The summed E-state index contributed by atoms with van der Waals surface area (Å²) < 4.78 is 14.0. The Bertz CT molecular complexity index is 541. The topological polar surface area (TPSA) is 17.1 Å². The van der Waals surface area contributed by atoms with Gasteiger partial charge in [0.15, 0.2) is 0 Å². The highest BCUT2D eigenvalue weighted by Gasteiger charge is 2.34. The average Bonchev–Trinajstić information content (AvgIpc) is 2.49. The van der Waals surface area contributed by atoms with Gasteiger partial charge in [0.1, 0.15) is 11.6 Å². The van der Waals surface area contributed by atoms with E-state index in [0.717, 1.165) is 30.4 Å². The fraction of sp³-hybridized carbons (Fsp3) is 0.682. The second-order valence-electron chi connectivity index (χ2n) is 8.50. The Morgan fingerprint density at radius 2 is 1.79 bits per heavy atom. The lowest BCUT2D eigenvalue weighted by atomic mass is 9.71. The molecule has 2 heteroatoms. The standard InChI is InChI=1S/C22H35FO/c1-8-9-16(3)19(21(24)17(4)22(5,6)7)12-11-18-14-15(2)10-13-20(18)23/h10,13-14,16-17,19H,8-9,11-12H2,1-7H3. The van der Waals surface area contributed by atoms with Crippen molar-refractivity contribution >= 4 is 5.78 Å². The van der Waals surface area contributed by atoms with Crippen molar-refractivity contribution in [3.63, 3.8) is 0 Å². The van der Waals surface area contributed by atoms with Crippen LogP contribution >= 0.6 is 0 Å². The molecule has 0 spiro atoms. The number of carbonyl (C=O) groups is 1. The average molecular weight is 335 g/mol. The molecule has 3 atom stereocenters. The number of Topliss-reactive ketones (excluding diaryl/α,β-unsaturated/α-hetero) is 1. The van der Waals surface area contributed by atoms with Crippen molar-refractivity contribution in [2.45, 2.75) is 74.1 Å². The van der Waals surface area contributed by atoms with E-state index in [2.05, 4.69) is 34.6 Å². The highest BCUT2D eigenvalue weighted by Crippen LogP contribution is 2.33. The third-order valence-electron chi connectivity index (χ3n) is 5.45. The number of hydrogen-bond acceptors (Lipinski definition) is 1. The van der Waals surface area contributed by atoms with Gasteiger partial charge in [-0.3, -0.25) is 4.79 Å². The number of halogens is 1. The van der Waals surface area contributed by atoms with E-state index < -0.39 is 0 Å². The van der Waals surface area contributed by atoms with Crippen LogP contribution in [0.5, 0.6) is 0 Å². The van der Waals surface area contributed by atoms with E-state index in [1.807, 2.05) is 19.9 Å². The molecule has 0 aliphatic carbocycles. The lowest BCUT2D eigenvalue weighted by Crippen LogP contribution is -2.34.